The zero-order valence-corrected chi connectivity index (χ0v) is 15.8. The zero-order valence-electron chi connectivity index (χ0n) is 15.8. The van der Waals surface area contributed by atoms with Gasteiger partial charge in [0.1, 0.15) is 0 Å². The molecule has 5 nitrogen and oxygen atoms in total. The molecule has 1 aliphatic heterocycles. The molecule has 0 bridgehead atoms. The molecule has 0 unspecified atom stereocenters. The number of rotatable bonds is 6. The molecule has 3 heterocycles. The average Bonchev–Trinajstić information content (AvgIpc) is 3.09. The van der Waals surface area contributed by atoms with E-state index in [2.05, 4.69) is 35.1 Å². The summed E-state index contributed by atoms with van der Waals surface area (Å²) in [4.78, 5) is 6.82. The van der Waals surface area contributed by atoms with Gasteiger partial charge in [0.05, 0.1) is 29.8 Å². The number of para-hydroxylation sites is 1. The lowest BCUT2D eigenvalue weighted by molar-refractivity contribution is -0.0133. The highest BCUT2D eigenvalue weighted by molar-refractivity contribution is 5.32. The van der Waals surface area contributed by atoms with Gasteiger partial charge in [-0.25, -0.2) is 4.68 Å². The van der Waals surface area contributed by atoms with Crippen molar-refractivity contribution >= 4 is 0 Å². The van der Waals surface area contributed by atoms with Gasteiger partial charge >= 0.3 is 0 Å². The quantitative estimate of drug-likeness (QED) is 0.670. The van der Waals surface area contributed by atoms with Crippen LogP contribution in [-0.4, -0.2) is 38.9 Å². The molecule has 1 aliphatic rings. The van der Waals surface area contributed by atoms with Gasteiger partial charge in [-0.3, -0.25) is 9.88 Å². The van der Waals surface area contributed by atoms with Gasteiger partial charge in [0.15, 0.2) is 0 Å². The van der Waals surface area contributed by atoms with Crippen LogP contribution in [0.3, 0.4) is 0 Å². The van der Waals surface area contributed by atoms with Gasteiger partial charge in [-0.1, -0.05) is 24.3 Å². The van der Waals surface area contributed by atoms with E-state index >= 15 is 0 Å². The topological polar surface area (TPSA) is 43.2 Å². The Morgan fingerprint density at radius 2 is 1.96 bits per heavy atom. The molecule has 140 valence electrons. The maximum Gasteiger partial charge on any atom is 0.0892 e. The third-order valence-corrected chi connectivity index (χ3v) is 5.07. The monoisotopic (exact) mass is 362 g/mol. The Kier molecular flexibility index (Phi) is 5.61. The Morgan fingerprint density at radius 1 is 1.11 bits per heavy atom. The first-order chi connectivity index (χ1) is 13.3. The summed E-state index contributed by atoms with van der Waals surface area (Å²) in [5, 5.41) is 4.69. The van der Waals surface area contributed by atoms with E-state index < -0.39 is 0 Å². The van der Waals surface area contributed by atoms with Crippen molar-refractivity contribution in [2.24, 2.45) is 0 Å². The molecule has 5 heteroatoms. The first-order valence-electron chi connectivity index (χ1n) is 9.62. The molecule has 0 N–H and O–H groups in total. The van der Waals surface area contributed by atoms with Crippen molar-refractivity contribution in [3.05, 3.63) is 77.9 Å². The minimum atomic E-state index is 0.269. The van der Waals surface area contributed by atoms with Crippen LogP contribution in [-0.2, 0) is 17.9 Å². The molecule has 0 amide bonds. The van der Waals surface area contributed by atoms with Crippen LogP contribution in [0, 0.1) is 6.92 Å². The number of aromatic nitrogens is 3. The molecule has 0 aliphatic carbocycles. The molecule has 0 saturated carbocycles. The number of hydrogen-bond acceptors (Lipinski definition) is 4. The van der Waals surface area contributed by atoms with Crippen LogP contribution < -0.4 is 0 Å². The molecular weight excluding hydrogens is 336 g/mol. The highest BCUT2D eigenvalue weighted by atomic mass is 16.5. The number of aryl methyl sites for hydroxylation is 1. The summed E-state index contributed by atoms with van der Waals surface area (Å²) in [7, 11) is 0. The molecule has 4 rings (SSSR count). The number of piperidine rings is 1. The number of benzene rings is 1. The van der Waals surface area contributed by atoms with Crippen molar-refractivity contribution in [2.45, 2.75) is 39.0 Å². The lowest BCUT2D eigenvalue weighted by Gasteiger charge is -2.32. The molecule has 2 aromatic heterocycles. The van der Waals surface area contributed by atoms with E-state index in [0.717, 1.165) is 43.1 Å². The molecule has 1 atom stereocenters. The van der Waals surface area contributed by atoms with Gasteiger partial charge in [0.25, 0.3) is 0 Å². The first-order valence-corrected chi connectivity index (χ1v) is 9.62. The number of likely N-dealkylation sites (tertiary alicyclic amines) is 1. The summed E-state index contributed by atoms with van der Waals surface area (Å²) in [6.45, 7) is 5.67. The predicted molar refractivity (Wildman–Crippen MR) is 106 cm³/mol. The van der Waals surface area contributed by atoms with Gasteiger partial charge in [0, 0.05) is 31.0 Å². The summed E-state index contributed by atoms with van der Waals surface area (Å²) in [5.74, 6) is 0. The largest absolute Gasteiger partial charge is 0.371 e. The van der Waals surface area contributed by atoms with Crippen LogP contribution in [0.5, 0.6) is 0 Å². The summed E-state index contributed by atoms with van der Waals surface area (Å²) >= 11 is 0. The van der Waals surface area contributed by atoms with Gasteiger partial charge in [-0.05, 0) is 50.6 Å². The summed E-state index contributed by atoms with van der Waals surface area (Å²) in [6, 6.07) is 16.2. The Hall–Kier alpha value is -2.50. The smallest absolute Gasteiger partial charge is 0.0892 e. The standard InChI is InChI=1S/C22H26N4O/c1-18-19(15-26(24-18)21-9-3-2-4-10-21)14-25-13-7-11-22(16-25)27-17-20-8-5-6-12-23-20/h2-6,8-10,12,15,22H,7,11,13-14,16-17H2,1H3/t22-/m1/s1. The maximum absolute atomic E-state index is 6.12. The minimum absolute atomic E-state index is 0.269. The van der Waals surface area contributed by atoms with E-state index in [1.165, 1.54) is 12.0 Å². The lowest BCUT2D eigenvalue weighted by atomic mass is 10.1. The van der Waals surface area contributed by atoms with Crippen molar-refractivity contribution in [3.8, 4) is 5.69 Å². The SMILES string of the molecule is Cc1nn(-c2ccccc2)cc1CN1CCC[C@@H](OCc2ccccn2)C1. The molecular formula is C22H26N4O. The zero-order chi connectivity index (χ0) is 18.5. The van der Waals surface area contributed by atoms with Crippen molar-refractivity contribution in [1.82, 2.24) is 19.7 Å². The molecule has 3 aromatic rings. The van der Waals surface area contributed by atoms with Crippen molar-refractivity contribution < 1.29 is 4.74 Å². The van der Waals surface area contributed by atoms with Crippen molar-refractivity contribution in [1.29, 1.82) is 0 Å². The van der Waals surface area contributed by atoms with Gasteiger partial charge in [0.2, 0.25) is 0 Å². The lowest BCUT2D eigenvalue weighted by Crippen LogP contribution is -2.39. The fraction of sp³-hybridized carbons (Fsp3) is 0.364. The normalized spacial score (nSPS) is 17.9. The van der Waals surface area contributed by atoms with E-state index in [1.807, 2.05) is 47.3 Å². The van der Waals surface area contributed by atoms with Gasteiger partial charge < -0.3 is 4.74 Å². The van der Waals surface area contributed by atoms with E-state index in [4.69, 9.17) is 9.84 Å². The Morgan fingerprint density at radius 3 is 2.78 bits per heavy atom. The second kappa shape index (κ2) is 8.46. The highest BCUT2D eigenvalue weighted by Crippen LogP contribution is 2.19. The van der Waals surface area contributed by atoms with Crippen LogP contribution >= 0.6 is 0 Å². The van der Waals surface area contributed by atoms with Crippen molar-refractivity contribution in [3.63, 3.8) is 0 Å². The highest BCUT2D eigenvalue weighted by Gasteiger charge is 2.22. The Labute approximate surface area is 160 Å². The summed E-state index contributed by atoms with van der Waals surface area (Å²) < 4.78 is 8.09. The third-order valence-electron chi connectivity index (χ3n) is 5.07. The van der Waals surface area contributed by atoms with E-state index in [0.29, 0.717) is 6.61 Å². The van der Waals surface area contributed by atoms with Crippen LogP contribution in [0.1, 0.15) is 29.8 Å². The molecule has 0 spiro atoms. The molecule has 1 fully saturated rings. The second-order valence-corrected chi connectivity index (χ2v) is 7.15. The fourth-order valence-electron chi connectivity index (χ4n) is 3.58. The molecule has 0 radical (unpaired) electrons. The Bertz CT molecular complexity index is 847. The molecule has 27 heavy (non-hydrogen) atoms. The van der Waals surface area contributed by atoms with Crippen molar-refractivity contribution in [2.75, 3.05) is 13.1 Å². The fourth-order valence-corrected chi connectivity index (χ4v) is 3.58. The van der Waals surface area contributed by atoms with Crippen LogP contribution in [0.2, 0.25) is 0 Å². The first kappa shape index (κ1) is 17.9. The Balaban J connectivity index is 1.36. The molecule has 1 saturated heterocycles. The van der Waals surface area contributed by atoms with E-state index in [9.17, 15) is 0 Å². The second-order valence-electron chi connectivity index (χ2n) is 7.15. The van der Waals surface area contributed by atoms with E-state index in [1.54, 1.807) is 0 Å². The minimum Gasteiger partial charge on any atom is -0.371 e. The van der Waals surface area contributed by atoms with Gasteiger partial charge in [-0.2, -0.15) is 5.10 Å². The van der Waals surface area contributed by atoms with Crippen LogP contribution in [0.15, 0.2) is 60.9 Å². The summed E-state index contributed by atoms with van der Waals surface area (Å²) in [6.07, 6.45) is 6.53. The summed E-state index contributed by atoms with van der Waals surface area (Å²) in [5.41, 5.74) is 4.47. The van der Waals surface area contributed by atoms with Crippen LogP contribution in [0.4, 0.5) is 0 Å². The number of pyridine rings is 1. The van der Waals surface area contributed by atoms with Gasteiger partial charge in [-0.15, -0.1) is 0 Å². The number of ether oxygens (including phenoxy) is 1. The maximum atomic E-state index is 6.12. The van der Waals surface area contributed by atoms with Crippen LogP contribution in [0.25, 0.3) is 5.69 Å². The number of nitrogens with zero attached hydrogens (tertiary/aromatic N) is 4. The number of hydrogen-bond donors (Lipinski definition) is 0. The third kappa shape index (κ3) is 4.62. The van der Waals surface area contributed by atoms with E-state index in [-0.39, 0.29) is 6.10 Å². The molecule has 1 aromatic carbocycles. The predicted octanol–water partition coefficient (Wildman–Crippen LogP) is 3.76. The average molecular weight is 362 g/mol.